The minimum absolute atomic E-state index is 0.105. The van der Waals surface area contributed by atoms with Crippen LogP contribution in [0.15, 0.2) is 42.5 Å². The Bertz CT molecular complexity index is 511. The Balaban J connectivity index is 1.93. The zero-order valence-electron chi connectivity index (χ0n) is 12.0. The lowest BCUT2D eigenvalue weighted by Crippen LogP contribution is -2.57. The van der Waals surface area contributed by atoms with Gasteiger partial charge in [-0.3, -0.25) is 9.69 Å². The molecular formula is C17H21NO2. The fraction of sp³-hybridized carbons (Fsp3) is 0.471. The number of carbonyl (C=O) groups is 1. The quantitative estimate of drug-likeness (QED) is 0.625. The molecule has 3 nitrogen and oxygen atoms in total. The minimum atomic E-state index is -0.140. The Morgan fingerprint density at radius 3 is 2.60 bits per heavy atom. The third-order valence-electron chi connectivity index (χ3n) is 4.66. The van der Waals surface area contributed by atoms with Gasteiger partial charge in [-0.1, -0.05) is 42.5 Å². The van der Waals surface area contributed by atoms with Gasteiger partial charge in [0.05, 0.1) is 7.11 Å². The molecule has 1 aromatic rings. The van der Waals surface area contributed by atoms with Crippen molar-refractivity contribution in [3.8, 4) is 0 Å². The van der Waals surface area contributed by atoms with E-state index in [2.05, 4.69) is 48.2 Å². The molecule has 0 radical (unpaired) electrons. The molecule has 4 atom stereocenters. The fourth-order valence-electron chi connectivity index (χ4n) is 3.61. The van der Waals surface area contributed by atoms with Gasteiger partial charge in [-0.2, -0.15) is 0 Å². The predicted molar refractivity (Wildman–Crippen MR) is 78.2 cm³/mol. The van der Waals surface area contributed by atoms with Gasteiger partial charge in [-0.15, -0.1) is 0 Å². The summed E-state index contributed by atoms with van der Waals surface area (Å²) in [5.74, 6) is 0.186. The molecule has 3 heteroatoms. The molecule has 0 spiro atoms. The summed E-state index contributed by atoms with van der Waals surface area (Å²) < 4.78 is 5.04. The molecule has 1 saturated heterocycles. The first-order valence-corrected chi connectivity index (χ1v) is 7.31. The van der Waals surface area contributed by atoms with Crippen LogP contribution in [0.4, 0.5) is 0 Å². The van der Waals surface area contributed by atoms with Gasteiger partial charge in [0.1, 0.15) is 6.04 Å². The molecule has 1 unspecified atom stereocenters. The van der Waals surface area contributed by atoms with Crippen LogP contribution in [0.1, 0.15) is 31.4 Å². The Morgan fingerprint density at radius 2 is 2.00 bits per heavy atom. The smallest absolute Gasteiger partial charge is 0.323 e. The first-order chi connectivity index (χ1) is 9.72. The van der Waals surface area contributed by atoms with Crippen molar-refractivity contribution in [2.75, 3.05) is 7.11 Å². The lowest BCUT2D eigenvalue weighted by Gasteiger charge is -2.49. The van der Waals surface area contributed by atoms with Gasteiger partial charge in [-0.05, 0) is 25.3 Å². The zero-order chi connectivity index (χ0) is 14.1. The molecule has 4 rings (SSSR count). The second-order valence-electron chi connectivity index (χ2n) is 5.70. The van der Waals surface area contributed by atoms with E-state index in [1.165, 1.54) is 12.7 Å². The number of rotatable bonds is 3. The Labute approximate surface area is 120 Å². The van der Waals surface area contributed by atoms with Crippen LogP contribution >= 0.6 is 0 Å². The Hall–Kier alpha value is -1.61. The number of benzene rings is 1. The third-order valence-corrected chi connectivity index (χ3v) is 4.66. The summed E-state index contributed by atoms with van der Waals surface area (Å²) in [6, 6.07) is 10.8. The van der Waals surface area contributed by atoms with E-state index in [1.807, 2.05) is 6.07 Å². The van der Waals surface area contributed by atoms with Crippen molar-refractivity contribution in [3.05, 3.63) is 48.0 Å². The predicted octanol–water partition coefficient (Wildman–Crippen LogP) is 2.94. The van der Waals surface area contributed by atoms with Crippen LogP contribution < -0.4 is 0 Å². The van der Waals surface area contributed by atoms with Crippen molar-refractivity contribution in [1.29, 1.82) is 0 Å². The number of hydrogen-bond acceptors (Lipinski definition) is 3. The third kappa shape index (κ3) is 2.16. The van der Waals surface area contributed by atoms with Gasteiger partial charge in [0.15, 0.2) is 0 Å². The van der Waals surface area contributed by atoms with Crippen molar-refractivity contribution in [2.45, 2.75) is 37.9 Å². The van der Waals surface area contributed by atoms with Gasteiger partial charge in [-0.25, -0.2) is 0 Å². The highest BCUT2D eigenvalue weighted by Crippen LogP contribution is 2.40. The van der Waals surface area contributed by atoms with E-state index in [9.17, 15) is 4.79 Å². The van der Waals surface area contributed by atoms with Crippen LogP contribution in [0.3, 0.4) is 0 Å². The summed E-state index contributed by atoms with van der Waals surface area (Å²) in [5, 5.41) is 0. The molecule has 0 saturated carbocycles. The monoisotopic (exact) mass is 271 g/mol. The van der Waals surface area contributed by atoms with Crippen LogP contribution in [-0.4, -0.2) is 30.1 Å². The Morgan fingerprint density at radius 1 is 1.25 bits per heavy atom. The lowest BCUT2D eigenvalue weighted by molar-refractivity contribution is -0.153. The average Bonchev–Trinajstić information content (AvgIpc) is 2.54. The second-order valence-corrected chi connectivity index (χ2v) is 5.70. The van der Waals surface area contributed by atoms with Crippen molar-refractivity contribution in [3.63, 3.8) is 0 Å². The molecule has 2 heterocycles. The highest BCUT2D eigenvalue weighted by atomic mass is 16.5. The highest BCUT2D eigenvalue weighted by molar-refractivity contribution is 5.77. The molecule has 1 aromatic carbocycles. The van der Waals surface area contributed by atoms with Crippen molar-refractivity contribution in [1.82, 2.24) is 4.90 Å². The van der Waals surface area contributed by atoms with Crippen LogP contribution in [0.5, 0.6) is 0 Å². The number of esters is 1. The number of hydrogen-bond donors (Lipinski definition) is 0. The molecular weight excluding hydrogens is 250 g/mol. The molecule has 1 aliphatic carbocycles. The normalized spacial score (nSPS) is 30.2. The van der Waals surface area contributed by atoms with Crippen molar-refractivity contribution >= 4 is 5.97 Å². The van der Waals surface area contributed by atoms with Crippen LogP contribution in [-0.2, 0) is 9.53 Å². The van der Waals surface area contributed by atoms with Crippen molar-refractivity contribution < 1.29 is 9.53 Å². The standard InChI is InChI=1S/C17H21NO2/c1-12(13-6-4-3-5-7-13)18-15-10-8-14(9-11-15)16(18)17(19)20-2/h3-8,10,12,14-16H,9,11H2,1-2H3/t12?,14-,15+,16-/m0/s1. The molecule has 2 aliphatic heterocycles. The summed E-state index contributed by atoms with van der Waals surface area (Å²) in [6.45, 7) is 2.18. The van der Waals surface area contributed by atoms with Gasteiger partial charge < -0.3 is 4.74 Å². The highest BCUT2D eigenvalue weighted by Gasteiger charge is 2.45. The maximum Gasteiger partial charge on any atom is 0.323 e. The number of fused-ring (bicyclic) bond motifs is 2. The summed E-state index contributed by atoms with van der Waals surface area (Å²) >= 11 is 0. The van der Waals surface area contributed by atoms with Crippen molar-refractivity contribution in [2.24, 2.45) is 5.92 Å². The van der Waals surface area contributed by atoms with E-state index in [0.717, 1.165) is 12.8 Å². The van der Waals surface area contributed by atoms with Crippen LogP contribution in [0.25, 0.3) is 0 Å². The summed E-state index contributed by atoms with van der Waals surface area (Å²) in [6.07, 6.45) is 6.67. The van der Waals surface area contributed by atoms with E-state index < -0.39 is 0 Å². The molecule has 106 valence electrons. The number of piperidine rings is 1. The van der Waals surface area contributed by atoms with Crippen LogP contribution in [0, 0.1) is 5.92 Å². The molecule has 3 aliphatic rings. The maximum absolute atomic E-state index is 12.2. The largest absolute Gasteiger partial charge is 0.468 e. The van der Waals surface area contributed by atoms with E-state index in [-0.39, 0.29) is 18.1 Å². The van der Waals surface area contributed by atoms with Gasteiger partial charge in [0.25, 0.3) is 0 Å². The van der Waals surface area contributed by atoms with Crippen LogP contribution in [0.2, 0.25) is 0 Å². The number of ether oxygens (including phenoxy) is 1. The topological polar surface area (TPSA) is 29.5 Å². The molecule has 20 heavy (non-hydrogen) atoms. The summed E-state index contributed by atoms with van der Waals surface area (Å²) in [7, 11) is 1.49. The summed E-state index contributed by atoms with van der Waals surface area (Å²) in [5.41, 5.74) is 1.25. The molecule has 0 aromatic heterocycles. The van der Waals surface area contributed by atoms with Gasteiger partial charge in [0.2, 0.25) is 0 Å². The number of methoxy groups -OCH3 is 1. The van der Waals surface area contributed by atoms with E-state index in [1.54, 1.807) is 0 Å². The number of nitrogens with zero attached hydrogens (tertiary/aromatic N) is 1. The average molecular weight is 271 g/mol. The molecule has 2 bridgehead atoms. The van der Waals surface area contributed by atoms with Gasteiger partial charge >= 0.3 is 5.97 Å². The fourth-order valence-corrected chi connectivity index (χ4v) is 3.61. The lowest BCUT2D eigenvalue weighted by atomic mass is 9.78. The number of carbonyl (C=O) groups excluding carboxylic acids is 1. The first-order valence-electron chi connectivity index (χ1n) is 7.31. The minimum Gasteiger partial charge on any atom is -0.468 e. The first kappa shape index (κ1) is 13.4. The van der Waals surface area contributed by atoms with E-state index in [0.29, 0.717) is 12.0 Å². The molecule has 0 N–H and O–H groups in total. The zero-order valence-corrected chi connectivity index (χ0v) is 12.0. The Kier molecular flexibility index (Phi) is 3.62. The summed E-state index contributed by atoms with van der Waals surface area (Å²) in [4.78, 5) is 14.5. The van der Waals surface area contributed by atoms with Gasteiger partial charge in [0, 0.05) is 18.0 Å². The molecule has 1 fully saturated rings. The SMILES string of the molecule is COC(=O)[C@@H]1[C@H]2C=C[C@H](CC2)N1C(C)c1ccccc1. The van der Waals surface area contributed by atoms with E-state index >= 15 is 0 Å². The maximum atomic E-state index is 12.2. The van der Waals surface area contributed by atoms with E-state index in [4.69, 9.17) is 4.74 Å². The second kappa shape index (κ2) is 5.41. The molecule has 0 amide bonds.